The molecule has 1 atom stereocenters. The molecule has 5 heteroatoms. The van der Waals surface area contributed by atoms with Crippen molar-refractivity contribution in [1.82, 2.24) is 24.5 Å². The lowest BCUT2D eigenvalue weighted by molar-refractivity contribution is 0.112. The van der Waals surface area contributed by atoms with Crippen molar-refractivity contribution >= 4 is 0 Å². The Morgan fingerprint density at radius 1 is 0.500 bits per heavy atom. The number of rotatable bonds is 6. The fourth-order valence-corrected chi connectivity index (χ4v) is 5.09. The third-order valence-corrected chi connectivity index (χ3v) is 8.03. The van der Waals surface area contributed by atoms with Crippen LogP contribution >= 0.6 is 0 Å². The molecule has 3 saturated heterocycles. The lowest BCUT2D eigenvalue weighted by Gasteiger charge is -2.36. The van der Waals surface area contributed by atoms with Crippen molar-refractivity contribution in [3.05, 3.63) is 0 Å². The average molecular weight is 574 g/mol. The van der Waals surface area contributed by atoms with E-state index in [4.69, 9.17) is 0 Å². The molecule has 3 aliphatic heterocycles. The van der Waals surface area contributed by atoms with Crippen LogP contribution < -0.4 is 0 Å². The highest BCUT2D eigenvalue weighted by Crippen LogP contribution is 2.20. The highest BCUT2D eigenvalue weighted by molar-refractivity contribution is 4.75. The molecule has 40 heavy (non-hydrogen) atoms. The van der Waals surface area contributed by atoms with Crippen molar-refractivity contribution in [2.75, 3.05) is 78.5 Å². The van der Waals surface area contributed by atoms with Crippen LogP contribution in [0.15, 0.2) is 0 Å². The molecule has 3 fully saturated rings. The van der Waals surface area contributed by atoms with E-state index in [0.717, 1.165) is 24.0 Å². The zero-order chi connectivity index (χ0) is 30.8. The Bertz CT molecular complexity index is 425. The van der Waals surface area contributed by atoms with Gasteiger partial charge in [-0.15, -0.1) is 0 Å². The van der Waals surface area contributed by atoms with Crippen LogP contribution in [0.3, 0.4) is 0 Å². The summed E-state index contributed by atoms with van der Waals surface area (Å²) in [4.78, 5) is 12.7. The van der Waals surface area contributed by atoms with E-state index in [0.29, 0.717) is 0 Å². The van der Waals surface area contributed by atoms with Gasteiger partial charge in [-0.1, -0.05) is 76.2 Å². The second-order valence-electron chi connectivity index (χ2n) is 11.1. The number of hydrogen-bond donors (Lipinski definition) is 0. The van der Waals surface area contributed by atoms with E-state index in [9.17, 15) is 0 Å². The summed E-state index contributed by atoms with van der Waals surface area (Å²) in [6.45, 7) is 47.7. The minimum atomic E-state index is 0. The minimum Gasteiger partial charge on any atom is -0.301 e. The van der Waals surface area contributed by atoms with E-state index in [1.165, 1.54) is 97.8 Å². The first-order valence-corrected chi connectivity index (χ1v) is 17.4. The Hall–Kier alpha value is -0.200. The topological polar surface area (TPSA) is 16.2 Å². The van der Waals surface area contributed by atoms with Crippen LogP contribution in [-0.2, 0) is 0 Å². The van der Waals surface area contributed by atoms with Gasteiger partial charge in [0, 0.05) is 77.0 Å². The first kappa shape index (κ1) is 46.7. The van der Waals surface area contributed by atoms with Gasteiger partial charge in [-0.05, 0) is 79.9 Å². The molecule has 0 bridgehead atoms. The largest absolute Gasteiger partial charge is 0.301 e. The second kappa shape index (κ2) is 31.7. The predicted molar refractivity (Wildman–Crippen MR) is 188 cm³/mol. The summed E-state index contributed by atoms with van der Waals surface area (Å²) in [5.74, 6) is 0.978. The van der Waals surface area contributed by atoms with E-state index >= 15 is 0 Å². The Balaban J connectivity index is -0.000000219. The van der Waals surface area contributed by atoms with Crippen LogP contribution in [0, 0.1) is 5.92 Å². The van der Waals surface area contributed by atoms with Crippen molar-refractivity contribution in [2.24, 2.45) is 5.92 Å². The van der Waals surface area contributed by atoms with Crippen LogP contribution in [0.4, 0.5) is 0 Å². The zero-order valence-electron chi connectivity index (χ0n) is 30.2. The average Bonchev–Trinajstić information content (AvgIpc) is 3.00. The second-order valence-corrected chi connectivity index (χ2v) is 11.1. The summed E-state index contributed by atoms with van der Waals surface area (Å²) in [5, 5.41) is 0. The lowest BCUT2D eigenvalue weighted by Crippen LogP contribution is -2.48. The summed E-state index contributed by atoms with van der Waals surface area (Å²) in [6, 6.07) is 2.22. The first-order chi connectivity index (χ1) is 18.7. The third-order valence-electron chi connectivity index (χ3n) is 8.03. The van der Waals surface area contributed by atoms with Gasteiger partial charge in [0.1, 0.15) is 0 Å². The van der Waals surface area contributed by atoms with Gasteiger partial charge in [0.05, 0.1) is 0 Å². The van der Waals surface area contributed by atoms with Crippen molar-refractivity contribution in [3.8, 4) is 0 Å². The summed E-state index contributed by atoms with van der Waals surface area (Å²) in [5.41, 5.74) is 0. The van der Waals surface area contributed by atoms with E-state index in [1.807, 2.05) is 41.5 Å². The molecule has 0 spiro atoms. The lowest BCUT2D eigenvalue weighted by atomic mass is 9.95. The quantitative estimate of drug-likeness (QED) is 0.317. The zero-order valence-corrected chi connectivity index (χ0v) is 30.2. The van der Waals surface area contributed by atoms with E-state index < -0.39 is 0 Å². The molecular formula is C35H83N5. The fraction of sp³-hybridized carbons (Fsp3) is 1.00. The molecule has 0 aromatic carbocycles. The molecule has 0 aromatic heterocycles. The van der Waals surface area contributed by atoms with Crippen molar-refractivity contribution < 1.29 is 0 Å². The van der Waals surface area contributed by atoms with E-state index in [-0.39, 0.29) is 7.43 Å². The first-order valence-electron chi connectivity index (χ1n) is 17.4. The fourth-order valence-electron chi connectivity index (χ4n) is 5.09. The predicted octanol–water partition coefficient (Wildman–Crippen LogP) is 8.30. The van der Waals surface area contributed by atoms with Gasteiger partial charge < -0.3 is 14.7 Å². The molecule has 3 rings (SSSR count). The number of hydrogen-bond acceptors (Lipinski definition) is 5. The highest BCUT2D eigenvalue weighted by atomic mass is 15.3. The maximum absolute atomic E-state index is 2.61. The molecule has 0 N–H and O–H groups in total. The molecule has 0 radical (unpaired) electrons. The Morgan fingerprint density at radius 3 is 1.07 bits per heavy atom. The van der Waals surface area contributed by atoms with Crippen LogP contribution in [0.25, 0.3) is 0 Å². The summed E-state index contributed by atoms with van der Waals surface area (Å²) in [7, 11) is 0. The number of piperidine rings is 1. The standard InChI is InChI=1S/C10H21N.2C9H20N2.3C2H6.CH4/c1-4-10-6-5-7-11(8-10)9(2)3;2*1-4-10-5-7-11(8-6-10)9(2)3;3*1-2;/h9-10H,4-8H2,1-3H3;2*9H,4-8H2,1-3H3;3*1-2H3;1H4. The number of piperazine rings is 2. The molecule has 3 heterocycles. The maximum Gasteiger partial charge on any atom is 0.0113 e. The smallest absolute Gasteiger partial charge is 0.0113 e. The summed E-state index contributed by atoms with van der Waals surface area (Å²) in [6.07, 6.45) is 4.24. The molecule has 248 valence electrons. The van der Waals surface area contributed by atoms with Gasteiger partial charge in [-0.2, -0.15) is 0 Å². The van der Waals surface area contributed by atoms with Gasteiger partial charge in [0.2, 0.25) is 0 Å². The van der Waals surface area contributed by atoms with Crippen LogP contribution in [0.1, 0.15) is 131 Å². The van der Waals surface area contributed by atoms with Gasteiger partial charge in [-0.25, -0.2) is 0 Å². The van der Waals surface area contributed by atoms with Gasteiger partial charge in [0.25, 0.3) is 0 Å². The van der Waals surface area contributed by atoms with Crippen molar-refractivity contribution in [2.45, 2.75) is 149 Å². The number of likely N-dealkylation sites (tertiary alicyclic amines) is 1. The Kier molecular flexibility index (Phi) is 37.1. The van der Waals surface area contributed by atoms with Gasteiger partial charge >= 0.3 is 0 Å². The molecule has 0 aromatic rings. The Labute approximate surface area is 257 Å². The number of likely N-dealkylation sites (N-methyl/N-ethyl adjacent to an activating group) is 2. The molecule has 0 saturated carbocycles. The molecule has 0 aliphatic carbocycles. The monoisotopic (exact) mass is 574 g/mol. The maximum atomic E-state index is 2.61. The highest BCUT2D eigenvalue weighted by Gasteiger charge is 2.20. The molecular weight excluding hydrogens is 490 g/mol. The SMILES string of the molecule is C.CC.CC.CC.CCC1CCCN(C(C)C)C1.CCN1CCN(C(C)C)CC1.CCN1CCN(C(C)C)CC1. The molecule has 5 nitrogen and oxygen atoms in total. The number of nitrogens with zero attached hydrogens (tertiary/aromatic N) is 5. The van der Waals surface area contributed by atoms with Gasteiger partial charge in [-0.3, -0.25) is 9.80 Å². The Morgan fingerprint density at radius 2 is 0.825 bits per heavy atom. The summed E-state index contributed by atoms with van der Waals surface area (Å²) < 4.78 is 0. The van der Waals surface area contributed by atoms with E-state index in [2.05, 4.69) is 86.8 Å². The van der Waals surface area contributed by atoms with E-state index in [1.54, 1.807) is 0 Å². The van der Waals surface area contributed by atoms with Crippen LogP contribution in [-0.4, -0.2) is 121 Å². The third kappa shape index (κ3) is 22.4. The van der Waals surface area contributed by atoms with Crippen molar-refractivity contribution in [3.63, 3.8) is 0 Å². The summed E-state index contributed by atoms with van der Waals surface area (Å²) >= 11 is 0. The molecule has 1 unspecified atom stereocenters. The van der Waals surface area contributed by atoms with Crippen molar-refractivity contribution in [1.29, 1.82) is 0 Å². The minimum absolute atomic E-state index is 0. The van der Waals surface area contributed by atoms with Crippen LogP contribution in [0.5, 0.6) is 0 Å². The molecule has 3 aliphatic rings. The normalized spacial score (nSPS) is 20.7. The van der Waals surface area contributed by atoms with Crippen LogP contribution in [0.2, 0.25) is 0 Å². The molecule has 0 amide bonds. The van der Waals surface area contributed by atoms with Gasteiger partial charge in [0.15, 0.2) is 0 Å².